The minimum atomic E-state index is -0.765. The second-order valence-electron chi connectivity index (χ2n) is 5.87. The van der Waals surface area contributed by atoms with E-state index in [1.165, 1.54) is 0 Å². The Hall–Kier alpha value is -2.40. The maximum absolute atomic E-state index is 10.1. The highest BCUT2D eigenvalue weighted by atomic mass is 16.3. The summed E-state index contributed by atoms with van der Waals surface area (Å²) < 4.78 is 0. The number of nitrogens with one attached hydrogen (secondary N) is 1. The summed E-state index contributed by atoms with van der Waals surface area (Å²) in [7, 11) is 0. The number of fused-ring (bicyclic) bond motifs is 3. The zero-order valence-electron chi connectivity index (χ0n) is 13.6. The van der Waals surface area contributed by atoms with Crippen LogP contribution in [0.1, 0.15) is 30.8 Å². The number of allylic oxidation sites excluding steroid dienone is 1. The van der Waals surface area contributed by atoms with Crippen LogP contribution in [-0.4, -0.2) is 26.4 Å². The monoisotopic (exact) mass is 311 g/mol. The van der Waals surface area contributed by atoms with Crippen LogP contribution in [0.3, 0.4) is 0 Å². The normalized spacial score (nSPS) is 14.9. The van der Waals surface area contributed by atoms with Crippen LogP contribution >= 0.6 is 0 Å². The van der Waals surface area contributed by atoms with Crippen LogP contribution in [0.25, 0.3) is 11.3 Å². The van der Waals surface area contributed by atoms with Gasteiger partial charge in [0.2, 0.25) is 0 Å². The molecule has 23 heavy (non-hydrogen) atoms. The first-order valence-corrected chi connectivity index (χ1v) is 7.76. The number of rotatable bonds is 3. The molecule has 1 aromatic heterocycles. The largest absolute Gasteiger partial charge is 0.508 e. The van der Waals surface area contributed by atoms with Crippen molar-refractivity contribution in [1.82, 2.24) is 9.97 Å². The predicted molar refractivity (Wildman–Crippen MR) is 90.3 cm³/mol. The molecule has 120 valence electrons. The summed E-state index contributed by atoms with van der Waals surface area (Å²) in [6.45, 7) is 5.63. The summed E-state index contributed by atoms with van der Waals surface area (Å²) >= 11 is 0. The van der Waals surface area contributed by atoms with Gasteiger partial charge in [-0.2, -0.15) is 0 Å². The second-order valence-corrected chi connectivity index (χ2v) is 5.87. The lowest BCUT2D eigenvalue weighted by molar-refractivity contribution is 0.239. The molecule has 0 saturated carbocycles. The lowest BCUT2D eigenvalue weighted by Crippen LogP contribution is -2.22. The third kappa shape index (κ3) is 2.92. The third-order valence-corrected chi connectivity index (χ3v) is 4.28. The van der Waals surface area contributed by atoms with E-state index in [2.05, 4.69) is 15.3 Å². The average Bonchev–Trinajstić information content (AvgIpc) is 2.54. The Labute approximate surface area is 135 Å². The minimum absolute atomic E-state index is 0.278. The molecule has 1 atom stereocenters. The van der Waals surface area contributed by atoms with Crippen LogP contribution < -0.4 is 5.32 Å². The average molecular weight is 311 g/mol. The summed E-state index contributed by atoms with van der Waals surface area (Å²) in [6, 6.07) is 5.36. The van der Waals surface area contributed by atoms with Gasteiger partial charge in [-0.1, -0.05) is 6.08 Å². The molecule has 1 aromatic carbocycles. The van der Waals surface area contributed by atoms with Crippen LogP contribution in [0.5, 0.6) is 5.75 Å². The number of phenols is 1. The van der Waals surface area contributed by atoms with Gasteiger partial charge >= 0.3 is 0 Å². The van der Waals surface area contributed by atoms with E-state index in [1.54, 1.807) is 12.1 Å². The SMILES string of the molecule is C/C=C(\C)C(O)Nc1nc2c(nc1C)-c1ccc(O)cc1CC2. The van der Waals surface area contributed by atoms with E-state index in [0.717, 1.165) is 46.6 Å². The third-order valence-electron chi connectivity index (χ3n) is 4.28. The number of aryl methyl sites for hydroxylation is 3. The molecule has 3 rings (SSSR count). The quantitative estimate of drug-likeness (QED) is 0.600. The number of phenolic OH excluding ortho intramolecular Hbond substituents is 1. The van der Waals surface area contributed by atoms with Crippen LogP contribution in [0.4, 0.5) is 5.82 Å². The smallest absolute Gasteiger partial charge is 0.150 e. The molecule has 0 radical (unpaired) electrons. The van der Waals surface area contributed by atoms with E-state index in [4.69, 9.17) is 0 Å². The lowest BCUT2D eigenvalue weighted by Gasteiger charge is -2.22. The zero-order chi connectivity index (χ0) is 16.6. The van der Waals surface area contributed by atoms with Gasteiger partial charge in [0.05, 0.1) is 17.1 Å². The predicted octanol–water partition coefficient (Wildman–Crippen LogP) is 2.95. The number of hydrogen-bond donors (Lipinski definition) is 3. The number of hydrogen-bond acceptors (Lipinski definition) is 5. The fourth-order valence-corrected chi connectivity index (χ4v) is 2.75. The number of aromatic nitrogens is 2. The van der Waals surface area contributed by atoms with Gasteiger partial charge in [-0.05, 0) is 62.9 Å². The van der Waals surface area contributed by atoms with Gasteiger partial charge in [-0.3, -0.25) is 0 Å². The van der Waals surface area contributed by atoms with Gasteiger partial charge in [-0.15, -0.1) is 0 Å². The van der Waals surface area contributed by atoms with Crippen LogP contribution in [-0.2, 0) is 12.8 Å². The topological polar surface area (TPSA) is 78.3 Å². The molecule has 1 heterocycles. The van der Waals surface area contributed by atoms with Crippen molar-refractivity contribution in [3.8, 4) is 17.0 Å². The van der Waals surface area contributed by atoms with Gasteiger partial charge in [0, 0.05) is 5.56 Å². The molecule has 1 unspecified atom stereocenters. The van der Waals surface area contributed by atoms with Crippen molar-refractivity contribution in [2.24, 2.45) is 0 Å². The van der Waals surface area contributed by atoms with Gasteiger partial charge in [-0.25, -0.2) is 9.97 Å². The summed E-state index contributed by atoms with van der Waals surface area (Å²) in [6.07, 6.45) is 2.69. The van der Waals surface area contributed by atoms with Crippen molar-refractivity contribution in [3.63, 3.8) is 0 Å². The van der Waals surface area contributed by atoms with Crippen molar-refractivity contribution in [2.45, 2.75) is 39.8 Å². The summed E-state index contributed by atoms with van der Waals surface area (Å²) in [5.74, 6) is 0.889. The van der Waals surface area contributed by atoms with Crippen molar-refractivity contribution in [2.75, 3.05) is 5.32 Å². The first-order chi connectivity index (χ1) is 11.0. The lowest BCUT2D eigenvalue weighted by atomic mass is 9.91. The first kappa shape index (κ1) is 15.5. The van der Waals surface area contributed by atoms with E-state index < -0.39 is 6.23 Å². The first-order valence-electron chi connectivity index (χ1n) is 7.76. The number of aliphatic hydroxyl groups excluding tert-OH is 1. The highest BCUT2D eigenvalue weighted by Crippen LogP contribution is 2.34. The van der Waals surface area contributed by atoms with Crippen molar-refractivity contribution < 1.29 is 10.2 Å². The molecule has 1 aliphatic rings. The molecular formula is C18H21N3O2. The van der Waals surface area contributed by atoms with E-state index in [1.807, 2.05) is 32.9 Å². The molecule has 0 spiro atoms. The zero-order valence-corrected chi connectivity index (χ0v) is 13.6. The van der Waals surface area contributed by atoms with Crippen molar-refractivity contribution in [3.05, 3.63) is 46.8 Å². The van der Waals surface area contributed by atoms with E-state index in [0.29, 0.717) is 5.82 Å². The Morgan fingerprint density at radius 1 is 1.30 bits per heavy atom. The Bertz CT molecular complexity index is 784. The number of aliphatic hydroxyl groups is 1. The molecule has 3 N–H and O–H groups in total. The van der Waals surface area contributed by atoms with Gasteiger partial charge in [0.1, 0.15) is 17.8 Å². The van der Waals surface area contributed by atoms with E-state index in [-0.39, 0.29) is 5.75 Å². The second kappa shape index (κ2) is 6.01. The Morgan fingerprint density at radius 2 is 2.09 bits per heavy atom. The molecule has 0 bridgehead atoms. The van der Waals surface area contributed by atoms with Crippen molar-refractivity contribution in [1.29, 1.82) is 0 Å². The summed E-state index contributed by atoms with van der Waals surface area (Å²) in [5.41, 5.74) is 5.48. The van der Waals surface area contributed by atoms with Gasteiger partial charge in [0.15, 0.2) is 0 Å². The molecule has 5 nitrogen and oxygen atoms in total. The summed E-state index contributed by atoms with van der Waals surface area (Å²) in [4.78, 5) is 9.35. The molecule has 0 amide bonds. The fraction of sp³-hybridized carbons (Fsp3) is 0.333. The van der Waals surface area contributed by atoms with E-state index >= 15 is 0 Å². The molecule has 2 aromatic rings. The molecule has 1 aliphatic carbocycles. The number of anilines is 1. The molecule has 0 fully saturated rings. The molecular weight excluding hydrogens is 290 g/mol. The standard InChI is InChI=1S/C18H21N3O2/c1-4-10(2)18(23)21-17-11(3)19-16-14-7-6-13(22)9-12(14)5-8-15(16)20-17/h4,6-7,9,18,22-23H,5,8H2,1-3H3,(H,20,21)/b10-4+. The fourth-order valence-electron chi connectivity index (χ4n) is 2.75. The summed E-state index contributed by atoms with van der Waals surface area (Å²) in [5, 5.41) is 22.8. The Kier molecular flexibility index (Phi) is 4.05. The molecule has 5 heteroatoms. The number of nitrogens with zero attached hydrogens (tertiary/aromatic N) is 2. The maximum atomic E-state index is 10.1. The minimum Gasteiger partial charge on any atom is -0.508 e. The Balaban J connectivity index is 1.99. The number of benzene rings is 1. The highest BCUT2D eigenvalue weighted by Gasteiger charge is 2.21. The van der Waals surface area contributed by atoms with Crippen LogP contribution in [0.15, 0.2) is 29.8 Å². The Morgan fingerprint density at radius 3 is 2.83 bits per heavy atom. The van der Waals surface area contributed by atoms with Crippen LogP contribution in [0, 0.1) is 6.92 Å². The number of aromatic hydroxyl groups is 1. The maximum Gasteiger partial charge on any atom is 0.150 e. The molecule has 0 aliphatic heterocycles. The molecule has 0 saturated heterocycles. The van der Waals surface area contributed by atoms with Gasteiger partial charge < -0.3 is 15.5 Å². The van der Waals surface area contributed by atoms with Crippen molar-refractivity contribution >= 4 is 5.82 Å². The highest BCUT2D eigenvalue weighted by molar-refractivity contribution is 5.70. The van der Waals surface area contributed by atoms with Gasteiger partial charge in [0.25, 0.3) is 0 Å². The van der Waals surface area contributed by atoms with Crippen LogP contribution in [0.2, 0.25) is 0 Å². The van der Waals surface area contributed by atoms with E-state index in [9.17, 15) is 10.2 Å².